The molecule has 0 bridgehead atoms. The summed E-state index contributed by atoms with van der Waals surface area (Å²) in [4.78, 5) is 26.9. The van der Waals surface area contributed by atoms with Crippen LogP contribution in [0.3, 0.4) is 0 Å². The fourth-order valence-electron chi connectivity index (χ4n) is 3.15. The Balaban J connectivity index is 1.70. The standard InChI is InChI=1S/C15H16FN3O3/c16-12-5-10(18-7-11(6-17)22-15(18)21)3-8-4-13(20)19(14(8)12)9-1-2-9/h3,5,9,11H,1-2,4,6-7,17H2/t11-/m1/s1. The summed E-state index contributed by atoms with van der Waals surface area (Å²) in [6.07, 6.45) is 1.11. The van der Waals surface area contributed by atoms with Gasteiger partial charge in [0.05, 0.1) is 24.3 Å². The number of ether oxygens (including phenoxy) is 1. The minimum Gasteiger partial charge on any atom is -0.443 e. The Labute approximate surface area is 126 Å². The summed E-state index contributed by atoms with van der Waals surface area (Å²) < 4.78 is 19.6. The molecule has 1 aromatic carbocycles. The number of nitrogens with zero attached hydrogens (tertiary/aromatic N) is 2. The molecule has 22 heavy (non-hydrogen) atoms. The first-order valence-corrected chi connectivity index (χ1v) is 7.41. The Hall–Kier alpha value is -2.15. The number of hydrogen-bond donors (Lipinski definition) is 1. The van der Waals surface area contributed by atoms with Crippen molar-refractivity contribution in [1.82, 2.24) is 0 Å². The maximum absolute atomic E-state index is 14.5. The number of carbonyl (C=O) groups excluding carboxylic acids is 2. The summed E-state index contributed by atoms with van der Waals surface area (Å²) >= 11 is 0. The molecule has 2 fully saturated rings. The number of hydrogen-bond acceptors (Lipinski definition) is 4. The minimum atomic E-state index is -0.529. The molecule has 116 valence electrons. The van der Waals surface area contributed by atoms with Crippen LogP contribution in [0.1, 0.15) is 18.4 Å². The third-order valence-electron chi connectivity index (χ3n) is 4.34. The molecular weight excluding hydrogens is 289 g/mol. The van der Waals surface area contributed by atoms with Crippen molar-refractivity contribution in [2.45, 2.75) is 31.4 Å². The maximum Gasteiger partial charge on any atom is 0.414 e. The number of nitrogens with two attached hydrogens (primary N) is 1. The van der Waals surface area contributed by atoms with Crippen LogP contribution in [0, 0.1) is 5.82 Å². The van der Waals surface area contributed by atoms with Crippen LogP contribution in [-0.4, -0.2) is 37.2 Å². The average molecular weight is 305 g/mol. The van der Waals surface area contributed by atoms with Gasteiger partial charge >= 0.3 is 6.09 Å². The van der Waals surface area contributed by atoms with E-state index in [4.69, 9.17) is 10.5 Å². The number of rotatable bonds is 3. The lowest BCUT2D eigenvalue weighted by Gasteiger charge is -2.19. The van der Waals surface area contributed by atoms with Crippen LogP contribution in [0.5, 0.6) is 0 Å². The van der Waals surface area contributed by atoms with Gasteiger partial charge in [-0.1, -0.05) is 0 Å². The summed E-state index contributed by atoms with van der Waals surface area (Å²) in [6, 6.07) is 3.14. The van der Waals surface area contributed by atoms with Crippen molar-refractivity contribution in [3.63, 3.8) is 0 Å². The molecule has 2 N–H and O–H groups in total. The first kappa shape index (κ1) is 13.5. The predicted molar refractivity (Wildman–Crippen MR) is 77.3 cm³/mol. The van der Waals surface area contributed by atoms with Crippen LogP contribution in [-0.2, 0) is 16.0 Å². The normalized spacial score (nSPS) is 24.0. The third-order valence-corrected chi connectivity index (χ3v) is 4.34. The zero-order chi connectivity index (χ0) is 15.4. The monoisotopic (exact) mass is 305 g/mol. The lowest BCUT2D eigenvalue weighted by atomic mass is 10.1. The van der Waals surface area contributed by atoms with Gasteiger partial charge in [-0.05, 0) is 30.5 Å². The number of anilines is 2. The summed E-state index contributed by atoms with van der Waals surface area (Å²) in [5, 5.41) is 0. The molecular formula is C15H16FN3O3. The second-order valence-electron chi connectivity index (χ2n) is 5.96. The van der Waals surface area contributed by atoms with Crippen molar-refractivity contribution in [3.05, 3.63) is 23.5 Å². The van der Waals surface area contributed by atoms with Crippen LogP contribution in [0.15, 0.2) is 12.1 Å². The topological polar surface area (TPSA) is 75.9 Å². The number of benzene rings is 1. The second-order valence-corrected chi connectivity index (χ2v) is 5.96. The van der Waals surface area contributed by atoms with Gasteiger partial charge in [-0.3, -0.25) is 9.69 Å². The number of amides is 2. The van der Waals surface area contributed by atoms with E-state index < -0.39 is 11.9 Å². The zero-order valence-electron chi connectivity index (χ0n) is 11.9. The van der Waals surface area contributed by atoms with E-state index >= 15 is 0 Å². The molecule has 1 saturated carbocycles. The maximum atomic E-state index is 14.5. The molecule has 2 heterocycles. The molecule has 0 spiro atoms. The van der Waals surface area contributed by atoms with E-state index in [0.717, 1.165) is 12.8 Å². The summed E-state index contributed by atoms with van der Waals surface area (Å²) in [5.74, 6) is -0.536. The van der Waals surface area contributed by atoms with Crippen LogP contribution in [0.2, 0.25) is 0 Å². The highest BCUT2D eigenvalue weighted by atomic mass is 19.1. The van der Waals surface area contributed by atoms with Crippen LogP contribution >= 0.6 is 0 Å². The molecule has 3 aliphatic rings. The first-order valence-electron chi connectivity index (χ1n) is 7.41. The Morgan fingerprint density at radius 3 is 2.73 bits per heavy atom. The van der Waals surface area contributed by atoms with Crippen molar-refractivity contribution in [2.24, 2.45) is 5.73 Å². The van der Waals surface area contributed by atoms with Gasteiger partial charge in [0.2, 0.25) is 5.91 Å². The van der Waals surface area contributed by atoms with Gasteiger partial charge < -0.3 is 15.4 Å². The smallest absolute Gasteiger partial charge is 0.414 e. The Bertz CT molecular complexity index is 674. The number of halogens is 1. The van der Waals surface area contributed by atoms with E-state index in [1.807, 2.05) is 0 Å². The van der Waals surface area contributed by atoms with Crippen molar-refractivity contribution in [3.8, 4) is 0 Å². The van der Waals surface area contributed by atoms with Gasteiger partial charge in [0, 0.05) is 12.6 Å². The molecule has 2 aliphatic heterocycles. The Morgan fingerprint density at radius 2 is 2.09 bits per heavy atom. The van der Waals surface area contributed by atoms with Gasteiger partial charge in [0.25, 0.3) is 0 Å². The van der Waals surface area contributed by atoms with Crippen molar-refractivity contribution < 1.29 is 18.7 Å². The lowest BCUT2D eigenvalue weighted by molar-refractivity contribution is -0.117. The SMILES string of the molecule is NC[C@@H]1CN(c2cc(F)c3c(c2)CC(=O)N3C2CC2)C(=O)O1. The van der Waals surface area contributed by atoms with E-state index in [2.05, 4.69) is 0 Å². The second kappa shape index (κ2) is 4.67. The highest BCUT2D eigenvalue weighted by Crippen LogP contribution is 2.42. The molecule has 1 aromatic rings. The van der Waals surface area contributed by atoms with E-state index in [-0.39, 0.29) is 31.0 Å². The summed E-state index contributed by atoms with van der Waals surface area (Å²) in [5.41, 5.74) is 6.93. The molecule has 0 aromatic heterocycles. The van der Waals surface area contributed by atoms with Gasteiger partial charge in [0.15, 0.2) is 0 Å². The van der Waals surface area contributed by atoms with Crippen LogP contribution in [0.4, 0.5) is 20.6 Å². The number of fused-ring (bicyclic) bond motifs is 1. The van der Waals surface area contributed by atoms with E-state index in [1.54, 1.807) is 11.0 Å². The molecule has 0 unspecified atom stereocenters. The van der Waals surface area contributed by atoms with Gasteiger partial charge in [-0.25, -0.2) is 9.18 Å². The van der Waals surface area contributed by atoms with Gasteiger partial charge in [-0.15, -0.1) is 0 Å². The molecule has 1 saturated heterocycles. The minimum absolute atomic E-state index is 0.0719. The zero-order valence-corrected chi connectivity index (χ0v) is 11.9. The molecule has 6 nitrogen and oxygen atoms in total. The van der Waals surface area contributed by atoms with Crippen molar-refractivity contribution in [2.75, 3.05) is 22.9 Å². The summed E-state index contributed by atoms with van der Waals surface area (Å²) in [6.45, 7) is 0.525. The lowest BCUT2D eigenvalue weighted by Crippen LogP contribution is -2.29. The molecule has 1 aliphatic carbocycles. The Morgan fingerprint density at radius 1 is 1.32 bits per heavy atom. The molecule has 1 atom stereocenters. The Kier molecular flexibility index (Phi) is 2.87. The largest absolute Gasteiger partial charge is 0.443 e. The van der Waals surface area contributed by atoms with Crippen LogP contribution < -0.4 is 15.5 Å². The first-order chi connectivity index (χ1) is 10.6. The summed E-state index contributed by atoms with van der Waals surface area (Å²) in [7, 11) is 0. The predicted octanol–water partition coefficient (Wildman–Crippen LogP) is 1.16. The van der Waals surface area contributed by atoms with Crippen molar-refractivity contribution >= 4 is 23.4 Å². The van der Waals surface area contributed by atoms with E-state index in [1.165, 1.54) is 11.0 Å². The van der Waals surface area contributed by atoms with Crippen LogP contribution in [0.25, 0.3) is 0 Å². The number of carbonyl (C=O) groups is 2. The number of cyclic esters (lactones) is 1. The fourth-order valence-corrected chi connectivity index (χ4v) is 3.15. The van der Waals surface area contributed by atoms with Gasteiger partial charge in [0.1, 0.15) is 11.9 Å². The highest BCUT2D eigenvalue weighted by molar-refractivity contribution is 6.03. The van der Waals surface area contributed by atoms with E-state index in [0.29, 0.717) is 23.5 Å². The molecule has 2 amide bonds. The van der Waals surface area contributed by atoms with Crippen molar-refractivity contribution in [1.29, 1.82) is 0 Å². The molecule has 0 radical (unpaired) electrons. The van der Waals surface area contributed by atoms with Gasteiger partial charge in [-0.2, -0.15) is 0 Å². The quantitative estimate of drug-likeness (QED) is 0.909. The fraction of sp³-hybridized carbons (Fsp3) is 0.467. The molecule has 4 rings (SSSR count). The molecule has 7 heteroatoms. The average Bonchev–Trinajstić information content (AvgIpc) is 3.15. The highest BCUT2D eigenvalue weighted by Gasteiger charge is 2.41. The third kappa shape index (κ3) is 1.96. The van der Waals surface area contributed by atoms with E-state index in [9.17, 15) is 14.0 Å².